The highest BCUT2D eigenvalue weighted by Gasteiger charge is 2.36. The van der Waals surface area contributed by atoms with Crippen LogP contribution in [0.4, 0.5) is 4.79 Å². The molecule has 0 aliphatic heterocycles. The SMILES string of the molecule is COc1ccc(C(C)(CCCO)c2ccc(OC(=O)Oc3ccc(C4(c5ccc(OC(C)=O)cc5)CCCCC4)cc3)cc2)cc1. The van der Waals surface area contributed by atoms with Gasteiger partial charge >= 0.3 is 12.1 Å². The van der Waals surface area contributed by atoms with Crippen LogP contribution in [0.25, 0.3) is 0 Å². The predicted octanol–water partition coefficient (Wildman–Crippen LogP) is 8.53. The molecule has 1 N–H and O–H groups in total. The number of methoxy groups -OCH3 is 1. The molecule has 4 aromatic carbocycles. The molecule has 46 heavy (non-hydrogen) atoms. The number of hydrogen-bond acceptors (Lipinski definition) is 7. The number of hydrogen-bond donors (Lipinski definition) is 1. The molecular weight excluding hydrogens is 580 g/mol. The van der Waals surface area contributed by atoms with Gasteiger partial charge in [0.1, 0.15) is 23.0 Å². The second-order valence-corrected chi connectivity index (χ2v) is 12.2. The Morgan fingerprint density at radius 1 is 0.674 bits per heavy atom. The predicted molar refractivity (Wildman–Crippen MR) is 177 cm³/mol. The maximum absolute atomic E-state index is 12.7. The molecule has 5 rings (SSSR count). The second-order valence-electron chi connectivity index (χ2n) is 12.2. The smallest absolute Gasteiger partial charge is 0.497 e. The fraction of sp³-hybridized carbons (Fsp3) is 0.333. The molecule has 0 spiro atoms. The minimum Gasteiger partial charge on any atom is -0.497 e. The third-order valence-electron chi connectivity index (χ3n) is 9.24. The number of ether oxygens (including phenoxy) is 4. The number of aliphatic hydroxyl groups excluding tert-OH is 1. The molecule has 1 aliphatic carbocycles. The van der Waals surface area contributed by atoms with E-state index in [4.69, 9.17) is 18.9 Å². The van der Waals surface area contributed by atoms with Crippen LogP contribution in [0.5, 0.6) is 23.0 Å². The molecule has 0 heterocycles. The highest BCUT2D eigenvalue weighted by molar-refractivity contribution is 5.69. The Morgan fingerprint density at radius 3 is 1.54 bits per heavy atom. The van der Waals surface area contributed by atoms with Crippen LogP contribution in [0.1, 0.15) is 81.0 Å². The zero-order valence-electron chi connectivity index (χ0n) is 26.8. The minimum atomic E-state index is -0.813. The summed E-state index contributed by atoms with van der Waals surface area (Å²) < 4.78 is 21.6. The summed E-state index contributed by atoms with van der Waals surface area (Å²) in [5.41, 5.74) is 3.97. The van der Waals surface area contributed by atoms with Crippen molar-refractivity contribution in [2.45, 2.75) is 69.6 Å². The van der Waals surface area contributed by atoms with E-state index in [0.717, 1.165) is 54.5 Å². The van der Waals surface area contributed by atoms with Crippen molar-refractivity contribution in [1.82, 2.24) is 0 Å². The van der Waals surface area contributed by atoms with E-state index in [1.165, 1.54) is 18.9 Å². The van der Waals surface area contributed by atoms with E-state index < -0.39 is 6.16 Å². The average Bonchev–Trinajstić information content (AvgIpc) is 3.08. The summed E-state index contributed by atoms with van der Waals surface area (Å²) in [7, 11) is 1.64. The van der Waals surface area contributed by atoms with Gasteiger partial charge in [0.05, 0.1) is 7.11 Å². The fourth-order valence-electron chi connectivity index (χ4n) is 6.70. The van der Waals surface area contributed by atoms with Crippen molar-refractivity contribution in [1.29, 1.82) is 0 Å². The lowest BCUT2D eigenvalue weighted by molar-refractivity contribution is -0.131. The Labute approximate surface area is 271 Å². The highest BCUT2D eigenvalue weighted by Crippen LogP contribution is 2.45. The summed E-state index contributed by atoms with van der Waals surface area (Å²) in [6.45, 7) is 3.65. The molecule has 1 fully saturated rings. The third-order valence-corrected chi connectivity index (χ3v) is 9.24. The lowest BCUT2D eigenvalue weighted by Gasteiger charge is -2.38. The standard InChI is InChI=1S/C39H42O7/c1-28(41)44-34-20-12-31(13-21-34)39(25-5-4-6-26-39)32-14-22-36(23-15-32)46-37(42)45-35-18-10-30(11-19-35)38(2,24-7-27-40)29-8-16-33(43-3)17-9-29/h8-23,40H,4-7,24-27H2,1-3H3. The van der Waals surface area contributed by atoms with Crippen molar-refractivity contribution in [3.8, 4) is 23.0 Å². The number of rotatable bonds is 11. The van der Waals surface area contributed by atoms with Crippen LogP contribution in [0.3, 0.4) is 0 Å². The van der Waals surface area contributed by atoms with Crippen LogP contribution in [0.2, 0.25) is 0 Å². The van der Waals surface area contributed by atoms with Gasteiger partial charge in [0.2, 0.25) is 0 Å². The molecule has 0 amide bonds. The Hall–Kier alpha value is -4.62. The molecule has 1 saturated carbocycles. The summed E-state index contributed by atoms with van der Waals surface area (Å²) in [5.74, 6) is 1.76. The number of carbonyl (C=O) groups excluding carboxylic acids is 2. The van der Waals surface area contributed by atoms with Gasteiger partial charge in [-0.05, 0) is 96.5 Å². The van der Waals surface area contributed by atoms with Crippen LogP contribution in [-0.4, -0.2) is 30.9 Å². The molecule has 0 aromatic heterocycles. The maximum atomic E-state index is 12.7. The second kappa shape index (κ2) is 14.6. The van der Waals surface area contributed by atoms with E-state index >= 15 is 0 Å². The Kier molecular flexibility index (Phi) is 10.4. The number of benzene rings is 4. The Bertz CT molecular complexity index is 1590. The van der Waals surface area contributed by atoms with Gasteiger partial charge in [-0.15, -0.1) is 0 Å². The molecule has 7 nitrogen and oxygen atoms in total. The molecule has 1 unspecified atom stereocenters. The van der Waals surface area contributed by atoms with Gasteiger partial charge in [-0.2, -0.15) is 0 Å². The van der Waals surface area contributed by atoms with Gasteiger partial charge in [0.15, 0.2) is 0 Å². The summed E-state index contributed by atoms with van der Waals surface area (Å²) in [6, 6.07) is 30.8. The van der Waals surface area contributed by atoms with Gasteiger partial charge in [0.25, 0.3) is 0 Å². The lowest BCUT2D eigenvalue weighted by Crippen LogP contribution is -2.30. The number of esters is 1. The molecular formula is C39H42O7. The summed E-state index contributed by atoms with van der Waals surface area (Å²) in [5, 5.41) is 9.54. The first-order valence-corrected chi connectivity index (χ1v) is 15.9. The minimum absolute atomic E-state index is 0.103. The topological polar surface area (TPSA) is 91.3 Å². The Balaban J connectivity index is 1.26. The molecule has 7 heteroatoms. The fourth-order valence-corrected chi connectivity index (χ4v) is 6.70. The van der Waals surface area contributed by atoms with Crippen LogP contribution < -0.4 is 18.9 Å². The zero-order valence-corrected chi connectivity index (χ0v) is 26.8. The van der Waals surface area contributed by atoms with Crippen molar-refractivity contribution in [3.05, 3.63) is 119 Å². The summed E-state index contributed by atoms with van der Waals surface area (Å²) in [6.07, 6.45) is 6.04. The largest absolute Gasteiger partial charge is 0.519 e. The molecule has 1 atom stereocenters. The zero-order chi connectivity index (χ0) is 32.6. The lowest BCUT2D eigenvalue weighted by atomic mass is 9.65. The molecule has 0 radical (unpaired) electrons. The van der Waals surface area contributed by atoms with Crippen molar-refractivity contribution >= 4 is 12.1 Å². The van der Waals surface area contributed by atoms with Crippen molar-refractivity contribution in [3.63, 3.8) is 0 Å². The maximum Gasteiger partial charge on any atom is 0.519 e. The van der Waals surface area contributed by atoms with E-state index in [2.05, 4.69) is 6.92 Å². The molecule has 0 bridgehead atoms. The van der Waals surface area contributed by atoms with Crippen LogP contribution in [0.15, 0.2) is 97.1 Å². The normalized spacial score (nSPS) is 15.3. The van der Waals surface area contributed by atoms with Crippen molar-refractivity contribution in [2.24, 2.45) is 0 Å². The summed E-state index contributed by atoms with van der Waals surface area (Å²) in [4.78, 5) is 24.1. The molecule has 0 saturated heterocycles. The van der Waals surface area contributed by atoms with Crippen molar-refractivity contribution < 1.29 is 33.6 Å². The average molecular weight is 623 g/mol. The van der Waals surface area contributed by atoms with Crippen LogP contribution in [-0.2, 0) is 15.6 Å². The van der Waals surface area contributed by atoms with Gasteiger partial charge < -0.3 is 24.1 Å². The first-order chi connectivity index (χ1) is 22.3. The van der Waals surface area contributed by atoms with E-state index in [-0.39, 0.29) is 23.4 Å². The van der Waals surface area contributed by atoms with Crippen LogP contribution >= 0.6 is 0 Å². The van der Waals surface area contributed by atoms with Crippen LogP contribution in [0, 0.1) is 0 Å². The molecule has 1 aliphatic rings. The number of carbonyl (C=O) groups is 2. The van der Waals surface area contributed by atoms with E-state index in [9.17, 15) is 14.7 Å². The monoisotopic (exact) mass is 622 g/mol. The van der Waals surface area contributed by atoms with E-state index in [1.807, 2.05) is 84.9 Å². The quantitative estimate of drug-likeness (QED) is 0.102. The highest BCUT2D eigenvalue weighted by atomic mass is 16.7. The van der Waals surface area contributed by atoms with Gasteiger partial charge in [-0.3, -0.25) is 4.79 Å². The third kappa shape index (κ3) is 7.43. The Morgan fingerprint density at radius 2 is 1.11 bits per heavy atom. The molecule has 4 aromatic rings. The van der Waals surface area contributed by atoms with Crippen molar-refractivity contribution in [2.75, 3.05) is 13.7 Å². The molecule has 240 valence electrons. The van der Waals surface area contributed by atoms with Gasteiger partial charge in [0, 0.05) is 24.4 Å². The first kappa shape index (κ1) is 32.8. The van der Waals surface area contributed by atoms with Gasteiger partial charge in [-0.25, -0.2) is 4.79 Å². The van der Waals surface area contributed by atoms with E-state index in [0.29, 0.717) is 23.7 Å². The number of aliphatic hydroxyl groups is 1. The first-order valence-electron chi connectivity index (χ1n) is 15.9. The van der Waals surface area contributed by atoms with E-state index in [1.54, 1.807) is 19.2 Å². The van der Waals surface area contributed by atoms with Gasteiger partial charge in [-0.1, -0.05) is 74.7 Å². The summed E-state index contributed by atoms with van der Waals surface area (Å²) >= 11 is 0.